The van der Waals surface area contributed by atoms with Gasteiger partial charge < -0.3 is 30.0 Å². The van der Waals surface area contributed by atoms with Gasteiger partial charge in [0, 0.05) is 25.9 Å². The number of fused-ring (bicyclic) bond motifs is 2. The predicted molar refractivity (Wildman–Crippen MR) is 147 cm³/mol. The third-order valence-corrected chi connectivity index (χ3v) is 8.59. The van der Waals surface area contributed by atoms with E-state index in [-0.39, 0.29) is 24.0 Å². The number of amides is 1. The fourth-order valence-electron chi connectivity index (χ4n) is 6.36. The maximum absolute atomic E-state index is 13.2. The molecule has 0 bridgehead atoms. The Hall–Kier alpha value is -3.57. The maximum atomic E-state index is 13.2. The molecule has 2 fully saturated rings. The molecule has 3 aromatic heterocycles. The lowest BCUT2D eigenvalue weighted by molar-refractivity contribution is -0.134. The molecule has 0 saturated carbocycles. The molecule has 206 valence electrons. The zero-order valence-corrected chi connectivity index (χ0v) is 22.8. The molecule has 1 spiro atoms. The molecule has 39 heavy (non-hydrogen) atoms. The van der Waals surface area contributed by atoms with Crippen LogP contribution in [-0.2, 0) is 16.0 Å². The molecule has 0 aliphatic carbocycles. The molecule has 1 aromatic carbocycles. The summed E-state index contributed by atoms with van der Waals surface area (Å²) in [6, 6.07) is 3.92. The number of aliphatic hydroxyl groups is 1. The smallest absolute Gasteiger partial charge is 0.223 e. The minimum absolute atomic E-state index is 0.143. The topological polar surface area (TPSA) is 148 Å². The van der Waals surface area contributed by atoms with Gasteiger partial charge in [0.1, 0.15) is 23.3 Å². The molecule has 6 rings (SSSR count). The van der Waals surface area contributed by atoms with Crippen molar-refractivity contribution in [2.45, 2.75) is 64.5 Å². The van der Waals surface area contributed by atoms with Crippen molar-refractivity contribution in [2.24, 2.45) is 5.41 Å². The van der Waals surface area contributed by atoms with E-state index < -0.39 is 5.60 Å². The molecule has 0 radical (unpaired) electrons. The van der Waals surface area contributed by atoms with Crippen LogP contribution in [0.5, 0.6) is 0 Å². The van der Waals surface area contributed by atoms with Crippen LogP contribution in [0.15, 0.2) is 24.8 Å². The van der Waals surface area contributed by atoms with Crippen molar-refractivity contribution in [3.63, 3.8) is 0 Å². The first-order valence-electron chi connectivity index (χ1n) is 13.6. The van der Waals surface area contributed by atoms with E-state index >= 15 is 0 Å². The Bertz CT molecular complexity index is 1530. The lowest BCUT2D eigenvalue weighted by Crippen LogP contribution is -2.46. The minimum atomic E-state index is -1.12. The van der Waals surface area contributed by atoms with Gasteiger partial charge in [0.25, 0.3) is 0 Å². The number of aromatic nitrogens is 6. The molecule has 2 atom stereocenters. The average molecular weight is 533 g/mol. The number of carbonyl (C=O) groups is 1. The monoisotopic (exact) mass is 532 g/mol. The van der Waals surface area contributed by atoms with E-state index in [4.69, 9.17) is 15.5 Å². The summed E-state index contributed by atoms with van der Waals surface area (Å²) in [5.41, 5.74) is 10.2. The number of H-pyrrole nitrogens is 1. The molecule has 1 amide bonds. The van der Waals surface area contributed by atoms with E-state index in [1.54, 1.807) is 13.3 Å². The quantitative estimate of drug-likeness (QED) is 0.363. The lowest BCUT2D eigenvalue weighted by atomic mass is 9.72. The molecule has 0 unspecified atom stereocenters. The van der Waals surface area contributed by atoms with Gasteiger partial charge in [-0.1, -0.05) is 6.07 Å². The van der Waals surface area contributed by atoms with E-state index in [1.165, 1.54) is 11.9 Å². The first-order valence-corrected chi connectivity index (χ1v) is 13.6. The van der Waals surface area contributed by atoms with Crippen molar-refractivity contribution >= 4 is 33.9 Å². The number of benzene rings is 1. The van der Waals surface area contributed by atoms with Crippen molar-refractivity contribution in [1.82, 2.24) is 34.4 Å². The van der Waals surface area contributed by atoms with Crippen LogP contribution in [0.2, 0.25) is 0 Å². The molecular weight excluding hydrogens is 496 g/mol. The van der Waals surface area contributed by atoms with Crippen LogP contribution < -0.4 is 5.73 Å². The number of hydrogen-bond donors (Lipinski definition) is 3. The Morgan fingerprint density at radius 3 is 2.77 bits per heavy atom. The van der Waals surface area contributed by atoms with Crippen molar-refractivity contribution in [2.75, 3.05) is 32.0 Å². The van der Waals surface area contributed by atoms with E-state index in [2.05, 4.69) is 45.9 Å². The normalized spacial score (nSPS) is 23.5. The number of anilines is 1. The third kappa shape index (κ3) is 4.74. The number of nitrogens with one attached hydrogen (secondary N) is 1. The summed E-state index contributed by atoms with van der Waals surface area (Å²) in [5.74, 6) is 1.31. The van der Waals surface area contributed by atoms with Gasteiger partial charge in [0.05, 0.1) is 36.6 Å². The van der Waals surface area contributed by atoms with Crippen molar-refractivity contribution in [1.29, 1.82) is 0 Å². The summed E-state index contributed by atoms with van der Waals surface area (Å²) >= 11 is 0. The van der Waals surface area contributed by atoms with Crippen LogP contribution in [0.3, 0.4) is 0 Å². The number of likely N-dealkylation sites (tertiary alicyclic amines) is 1. The number of rotatable bonds is 4. The Kier molecular flexibility index (Phi) is 6.30. The number of nitrogens with zero attached hydrogens (tertiary/aromatic N) is 6. The highest BCUT2D eigenvalue weighted by Gasteiger charge is 2.47. The summed E-state index contributed by atoms with van der Waals surface area (Å²) in [4.78, 5) is 36.1. The molecule has 11 heteroatoms. The number of hydrogen-bond acceptors (Lipinski definition) is 8. The Morgan fingerprint density at radius 2 is 1.97 bits per heavy atom. The zero-order chi connectivity index (χ0) is 27.4. The second kappa shape index (κ2) is 9.56. The van der Waals surface area contributed by atoms with Crippen LogP contribution in [0, 0.1) is 19.3 Å². The molecule has 2 aliphatic heterocycles. The Morgan fingerprint density at radius 1 is 1.18 bits per heavy atom. The van der Waals surface area contributed by atoms with Gasteiger partial charge in [0.2, 0.25) is 5.91 Å². The number of imidazole rings is 2. The molecule has 11 nitrogen and oxygen atoms in total. The molecule has 4 N–H and O–H groups in total. The number of nitrogens with two attached hydrogens (primary N) is 1. The largest absolute Gasteiger partial charge is 0.386 e. The first-order chi connectivity index (χ1) is 18.6. The van der Waals surface area contributed by atoms with Crippen molar-refractivity contribution in [3.05, 3.63) is 41.7 Å². The summed E-state index contributed by atoms with van der Waals surface area (Å²) in [5, 5.41) is 11.4. The van der Waals surface area contributed by atoms with Gasteiger partial charge in [-0.25, -0.2) is 19.9 Å². The second-order valence-electron chi connectivity index (χ2n) is 11.7. The van der Waals surface area contributed by atoms with E-state index in [1.807, 2.05) is 9.47 Å². The number of aromatic amines is 1. The van der Waals surface area contributed by atoms with Gasteiger partial charge >= 0.3 is 0 Å². The van der Waals surface area contributed by atoms with Crippen LogP contribution in [-0.4, -0.2) is 77.3 Å². The van der Waals surface area contributed by atoms with Gasteiger partial charge in [-0.15, -0.1) is 0 Å². The van der Waals surface area contributed by atoms with Crippen LogP contribution in [0.4, 0.5) is 5.82 Å². The van der Waals surface area contributed by atoms with Crippen LogP contribution in [0.25, 0.3) is 22.2 Å². The number of piperidine rings is 1. The van der Waals surface area contributed by atoms with Gasteiger partial charge in [0.15, 0.2) is 11.5 Å². The Balaban J connectivity index is 1.13. The van der Waals surface area contributed by atoms with Crippen LogP contribution >= 0.6 is 0 Å². The SMILES string of the molecule is Cc1cc(C)c2nc(CCC(=O)N3CCC4(CC3)COC[C@@](C)(O)[C@H](n3cnc5c(N)ncnc53)C4)[nH]c2c1. The van der Waals surface area contributed by atoms with Crippen molar-refractivity contribution < 1.29 is 14.6 Å². The molecule has 4 aromatic rings. The predicted octanol–water partition coefficient (Wildman–Crippen LogP) is 2.86. The van der Waals surface area contributed by atoms with Gasteiger partial charge in [-0.3, -0.25) is 4.79 Å². The summed E-state index contributed by atoms with van der Waals surface area (Å²) in [6.07, 6.45) is 6.41. The average Bonchev–Trinajstić information content (AvgIpc) is 3.48. The first kappa shape index (κ1) is 25.7. The molecule has 2 saturated heterocycles. The number of ether oxygens (including phenoxy) is 1. The number of carbonyl (C=O) groups excluding carboxylic acids is 1. The highest BCUT2D eigenvalue weighted by atomic mass is 16.5. The highest BCUT2D eigenvalue weighted by molar-refractivity contribution is 5.81. The number of aryl methyl sites for hydroxylation is 3. The zero-order valence-electron chi connectivity index (χ0n) is 22.8. The fourth-order valence-corrected chi connectivity index (χ4v) is 6.36. The van der Waals surface area contributed by atoms with E-state index in [0.717, 1.165) is 35.3 Å². The third-order valence-electron chi connectivity index (χ3n) is 8.59. The standard InChI is InChI=1S/C28H36N8O3/c1-17-10-18(2)23-19(11-17)33-21(34-23)4-5-22(37)35-8-6-28(7-9-35)12-20(27(3,38)13-39-14-28)36-16-32-24-25(29)30-15-31-26(24)36/h10-11,15-16,20,38H,4-9,12-14H2,1-3H3,(H,33,34)(H2,29,30,31)/t20-,27-/m1/s1. The van der Waals surface area contributed by atoms with Crippen molar-refractivity contribution in [3.8, 4) is 0 Å². The van der Waals surface area contributed by atoms with Gasteiger partial charge in [-0.05, 0) is 62.6 Å². The van der Waals surface area contributed by atoms with Gasteiger partial charge in [-0.2, -0.15) is 0 Å². The lowest BCUT2D eigenvalue weighted by Gasteiger charge is -2.43. The van der Waals surface area contributed by atoms with E-state index in [0.29, 0.717) is 55.9 Å². The van der Waals surface area contributed by atoms with Crippen LogP contribution in [0.1, 0.15) is 55.6 Å². The summed E-state index contributed by atoms with van der Waals surface area (Å²) < 4.78 is 7.97. The maximum Gasteiger partial charge on any atom is 0.223 e. The summed E-state index contributed by atoms with van der Waals surface area (Å²) in [6.45, 7) is 8.01. The second-order valence-corrected chi connectivity index (χ2v) is 11.7. The Labute approximate surface area is 226 Å². The fraction of sp³-hybridized carbons (Fsp3) is 0.536. The minimum Gasteiger partial charge on any atom is -0.386 e. The molecule has 5 heterocycles. The molecular formula is C28H36N8O3. The van der Waals surface area contributed by atoms with E-state index in [9.17, 15) is 9.90 Å². The number of nitrogen functional groups attached to an aromatic ring is 1. The summed E-state index contributed by atoms with van der Waals surface area (Å²) in [7, 11) is 0. The highest BCUT2D eigenvalue weighted by Crippen LogP contribution is 2.46. The molecule has 2 aliphatic rings.